The third-order valence-corrected chi connectivity index (χ3v) is 6.18. The summed E-state index contributed by atoms with van der Waals surface area (Å²) in [6, 6.07) is 19.6. The van der Waals surface area contributed by atoms with Crippen molar-refractivity contribution in [3.05, 3.63) is 82.9 Å². The van der Waals surface area contributed by atoms with Crippen LogP contribution in [0.25, 0.3) is 0 Å². The standard InChI is InChI=1S/C24H22ClN3O3S2/c1-14-6-9-17(10-7-14)26-24(32)27-18-4-3-5-19(13-18)33-15(2)22(29)28-21-12-16(23(30)31)8-11-20(21)25/h3-13,15H,1-2H3,(H,28,29)(H,30,31)(H2,26,27,32). The number of amides is 1. The first-order valence-electron chi connectivity index (χ1n) is 9.96. The minimum atomic E-state index is -1.09. The van der Waals surface area contributed by atoms with Crippen molar-refractivity contribution in [3.63, 3.8) is 0 Å². The van der Waals surface area contributed by atoms with Crippen LogP contribution >= 0.6 is 35.6 Å². The van der Waals surface area contributed by atoms with Crippen LogP contribution in [0.15, 0.2) is 71.6 Å². The number of rotatable bonds is 7. The number of carbonyl (C=O) groups excluding carboxylic acids is 1. The molecular weight excluding hydrogens is 478 g/mol. The van der Waals surface area contributed by atoms with E-state index < -0.39 is 11.2 Å². The Bertz CT molecular complexity index is 1190. The molecule has 3 rings (SSSR count). The van der Waals surface area contributed by atoms with Gasteiger partial charge in [-0.05, 0) is 74.6 Å². The zero-order valence-electron chi connectivity index (χ0n) is 17.9. The van der Waals surface area contributed by atoms with Crippen LogP contribution in [0.2, 0.25) is 5.02 Å². The van der Waals surface area contributed by atoms with Crippen molar-refractivity contribution in [2.75, 3.05) is 16.0 Å². The van der Waals surface area contributed by atoms with E-state index in [1.54, 1.807) is 6.92 Å². The van der Waals surface area contributed by atoms with Gasteiger partial charge < -0.3 is 21.1 Å². The Hall–Kier alpha value is -3.07. The van der Waals surface area contributed by atoms with Gasteiger partial charge in [0.15, 0.2) is 5.11 Å². The zero-order valence-corrected chi connectivity index (χ0v) is 20.3. The van der Waals surface area contributed by atoms with Gasteiger partial charge in [0, 0.05) is 16.3 Å². The van der Waals surface area contributed by atoms with Crippen LogP contribution in [-0.4, -0.2) is 27.3 Å². The summed E-state index contributed by atoms with van der Waals surface area (Å²) in [6.45, 7) is 3.78. The van der Waals surface area contributed by atoms with E-state index >= 15 is 0 Å². The van der Waals surface area contributed by atoms with Crippen molar-refractivity contribution in [2.24, 2.45) is 0 Å². The Morgan fingerprint density at radius 3 is 2.36 bits per heavy atom. The predicted molar refractivity (Wildman–Crippen MR) is 140 cm³/mol. The first-order valence-corrected chi connectivity index (χ1v) is 11.6. The van der Waals surface area contributed by atoms with E-state index in [4.69, 9.17) is 28.9 Å². The Morgan fingerprint density at radius 1 is 0.970 bits per heavy atom. The lowest BCUT2D eigenvalue weighted by Gasteiger charge is -2.15. The van der Waals surface area contributed by atoms with E-state index in [9.17, 15) is 9.59 Å². The monoisotopic (exact) mass is 499 g/mol. The van der Waals surface area contributed by atoms with Crippen LogP contribution in [0.1, 0.15) is 22.8 Å². The van der Waals surface area contributed by atoms with Crippen LogP contribution in [0.5, 0.6) is 0 Å². The number of hydrogen-bond acceptors (Lipinski definition) is 4. The molecule has 9 heteroatoms. The van der Waals surface area contributed by atoms with Crippen LogP contribution in [0.4, 0.5) is 17.1 Å². The maximum atomic E-state index is 12.7. The summed E-state index contributed by atoms with van der Waals surface area (Å²) in [7, 11) is 0. The van der Waals surface area contributed by atoms with Gasteiger partial charge in [-0.25, -0.2) is 4.79 Å². The van der Waals surface area contributed by atoms with Crippen molar-refractivity contribution in [3.8, 4) is 0 Å². The summed E-state index contributed by atoms with van der Waals surface area (Å²) >= 11 is 12.9. The molecule has 0 bridgehead atoms. The predicted octanol–water partition coefficient (Wildman–Crippen LogP) is 6.27. The fraction of sp³-hybridized carbons (Fsp3) is 0.125. The number of hydrogen-bond donors (Lipinski definition) is 4. The van der Waals surface area contributed by atoms with Gasteiger partial charge >= 0.3 is 5.97 Å². The van der Waals surface area contributed by atoms with Crippen LogP contribution in [0, 0.1) is 6.92 Å². The Morgan fingerprint density at radius 2 is 1.67 bits per heavy atom. The van der Waals surface area contributed by atoms with Crippen LogP contribution in [-0.2, 0) is 4.79 Å². The van der Waals surface area contributed by atoms with Gasteiger partial charge in [-0.1, -0.05) is 35.4 Å². The molecular formula is C24H22ClN3O3S2. The van der Waals surface area contributed by atoms with E-state index in [1.165, 1.54) is 35.5 Å². The number of benzene rings is 3. The maximum absolute atomic E-state index is 12.7. The van der Waals surface area contributed by atoms with Gasteiger partial charge in [0.1, 0.15) is 0 Å². The molecule has 170 valence electrons. The number of nitrogens with one attached hydrogen (secondary N) is 3. The topological polar surface area (TPSA) is 90.5 Å². The fourth-order valence-corrected chi connectivity index (χ4v) is 4.15. The van der Waals surface area contributed by atoms with E-state index in [1.807, 2.05) is 55.5 Å². The van der Waals surface area contributed by atoms with Gasteiger partial charge in [0.25, 0.3) is 0 Å². The second kappa shape index (κ2) is 11.2. The van der Waals surface area contributed by atoms with Crippen molar-refractivity contribution in [1.82, 2.24) is 0 Å². The summed E-state index contributed by atoms with van der Waals surface area (Å²) in [6.07, 6.45) is 0. The van der Waals surface area contributed by atoms with E-state index in [2.05, 4.69) is 16.0 Å². The molecule has 0 aliphatic heterocycles. The van der Waals surface area contributed by atoms with Crippen molar-refractivity contribution in [2.45, 2.75) is 24.0 Å². The van der Waals surface area contributed by atoms with Crippen molar-refractivity contribution in [1.29, 1.82) is 0 Å². The second-order valence-electron chi connectivity index (χ2n) is 7.22. The Labute approximate surface area is 206 Å². The fourth-order valence-electron chi connectivity index (χ4n) is 2.82. The molecule has 0 heterocycles. The molecule has 33 heavy (non-hydrogen) atoms. The molecule has 1 unspecified atom stereocenters. The molecule has 0 spiro atoms. The molecule has 0 saturated heterocycles. The van der Waals surface area contributed by atoms with Gasteiger partial charge in [-0.3, -0.25) is 4.79 Å². The molecule has 3 aromatic carbocycles. The average molecular weight is 500 g/mol. The number of thioether (sulfide) groups is 1. The molecule has 0 aliphatic rings. The number of aromatic carboxylic acids is 1. The molecule has 1 atom stereocenters. The van der Waals surface area contributed by atoms with Crippen molar-refractivity contribution >= 4 is 69.6 Å². The van der Waals surface area contributed by atoms with Gasteiger partial charge in [0.2, 0.25) is 5.91 Å². The Balaban J connectivity index is 1.60. The van der Waals surface area contributed by atoms with Crippen molar-refractivity contribution < 1.29 is 14.7 Å². The lowest BCUT2D eigenvalue weighted by Crippen LogP contribution is -2.22. The average Bonchev–Trinajstić information content (AvgIpc) is 2.76. The van der Waals surface area contributed by atoms with Gasteiger partial charge in [0.05, 0.1) is 21.5 Å². The molecule has 1 amide bonds. The maximum Gasteiger partial charge on any atom is 0.335 e. The lowest BCUT2D eigenvalue weighted by molar-refractivity contribution is -0.115. The minimum Gasteiger partial charge on any atom is -0.478 e. The van der Waals surface area contributed by atoms with Gasteiger partial charge in [-0.15, -0.1) is 11.8 Å². The summed E-state index contributed by atoms with van der Waals surface area (Å²) in [5, 5.41) is 18.4. The molecule has 6 nitrogen and oxygen atoms in total. The highest BCUT2D eigenvalue weighted by molar-refractivity contribution is 8.00. The number of carboxylic acids is 1. The number of anilines is 3. The summed E-state index contributed by atoms with van der Waals surface area (Å²) in [5.41, 5.74) is 3.15. The van der Waals surface area contributed by atoms with E-state index in [-0.39, 0.29) is 22.2 Å². The molecule has 4 N–H and O–H groups in total. The second-order valence-corrected chi connectivity index (χ2v) is 9.45. The van der Waals surface area contributed by atoms with Gasteiger partial charge in [-0.2, -0.15) is 0 Å². The minimum absolute atomic E-state index is 0.0454. The number of carbonyl (C=O) groups is 2. The highest BCUT2D eigenvalue weighted by Crippen LogP contribution is 2.28. The Kier molecular flexibility index (Phi) is 8.32. The van der Waals surface area contributed by atoms with E-state index in [0.29, 0.717) is 5.11 Å². The molecule has 0 saturated carbocycles. The number of halogens is 1. The quantitative estimate of drug-likeness (QED) is 0.225. The lowest BCUT2D eigenvalue weighted by atomic mass is 10.2. The zero-order chi connectivity index (χ0) is 24.0. The number of thiocarbonyl (C=S) groups is 1. The molecule has 0 aliphatic carbocycles. The first-order chi connectivity index (χ1) is 15.7. The summed E-state index contributed by atoms with van der Waals surface area (Å²) in [5.74, 6) is -1.39. The molecule has 3 aromatic rings. The first kappa shape index (κ1) is 24.6. The third kappa shape index (κ3) is 7.21. The highest BCUT2D eigenvalue weighted by atomic mass is 35.5. The van der Waals surface area contributed by atoms with Crippen LogP contribution < -0.4 is 16.0 Å². The number of carboxylic acid groups (broad SMARTS) is 1. The SMILES string of the molecule is Cc1ccc(NC(=S)Nc2cccc(SC(C)C(=O)Nc3cc(C(=O)O)ccc3Cl)c2)cc1. The normalized spacial score (nSPS) is 11.4. The van der Waals surface area contributed by atoms with Crippen LogP contribution in [0.3, 0.4) is 0 Å². The van der Waals surface area contributed by atoms with E-state index in [0.717, 1.165) is 16.3 Å². The number of aryl methyl sites for hydroxylation is 1. The highest BCUT2D eigenvalue weighted by Gasteiger charge is 2.17. The third-order valence-electron chi connectivity index (χ3n) is 4.55. The molecule has 0 aromatic heterocycles. The largest absolute Gasteiger partial charge is 0.478 e. The summed E-state index contributed by atoms with van der Waals surface area (Å²) in [4.78, 5) is 24.7. The summed E-state index contributed by atoms with van der Waals surface area (Å²) < 4.78 is 0. The smallest absolute Gasteiger partial charge is 0.335 e. The molecule has 0 radical (unpaired) electrons. The molecule has 0 fully saturated rings.